The molecule has 1 aromatic heterocycles. The highest BCUT2D eigenvalue weighted by molar-refractivity contribution is 6.30. The first-order valence-corrected chi connectivity index (χ1v) is 10.0. The van der Waals surface area contributed by atoms with Crippen molar-refractivity contribution in [1.29, 1.82) is 0 Å². The van der Waals surface area contributed by atoms with E-state index in [9.17, 15) is 0 Å². The average Bonchev–Trinajstić information content (AvgIpc) is 3.06. The quantitative estimate of drug-likeness (QED) is 0.724. The molecule has 144 valence electrons. The zero-order valence-corrected chi connectivity index (χ0v) is 16.6. The molecule has 6 nitrogen and oxygen atoms in total. The summed E-state index contributed by atoms with van der Waals surface area (Å²) in [5.41, 5.74) is 3.45. The van der Waals surface area contributed by atoms with Crippen LogP contribution in [0.1, 0.15) is 23.0 Å². The van der Waals surface area contributed by atoms with E-state index in [0.717, 1.165) is 54.2 Å². The van der Waals surface area contributed by atoms with E-state index in [0.29, 0.717) is 6.54 Å². The predicted molar refractivity (Wildman–Crippen MR) is 111 cm³/mol. The number of nitrogens with zero attached hydrogens (tertiary/aromatic N) is 5. The molecule has 0 amide bonds. The molecule has 2 aliphatic heterocycles. The smallest absolute Gasteiger partial charge is 0.232 e. The lowest BCUT2D eigenvalue weighted by Gasteiger charge is -2.33. The van der Waals surface area contributed by atoms with E-state index in [1.807, 2.05) is 12.1 Å². The van der Waals surface area contributed by atoms with Crippen LogP contribution in [0, 0.1) is 0 Å². The van der Waals surface area contributed by atoms with E-state index in [1.165, 1.54) is 5.56 Å². The van der Waals surface area contributed by atoms with Crippen molar-refractivity contribution < 1.29 is 0 Å². The second-order valence-electron chi connectivity index (χ2n) is 7.47. The van der Waals surface area contributed by atoms with Gasteiger partial charge in [-0.05, 0) is 36.4 Å². The summed E-state index contributed by atoms with van der Waals surface area (Å²) in [5.74, 6) is 1.85. The minimum absolute atomic E-state index is 0.0527. The third-order valence-electron chi connectivity index (χ3n) is 5.64. The van der Waals surface area contributed by atoms with Gasteiger partial charge in [0.25, 0.3) is 0 Å². The minimum atomic E-state index is 0.0527. The van der Waals surface area contributed by atoms with Crippen LogP contribution in [0.4, 0.5) is 5.95 Å². The molecule has 3 heterocycles. The zero-order valence-electron chi connectivity index (χ0n) is 15.8. The first-order valence-electron chi connectivity index (χ1n) is 9.66. The van der Waals surface area contributed by atoms with Gasteiger partial charge in [-0.3, -0.25) is 9.88 Å². The van der Waals surface area contributed by atoms with Crippen molar-refractivity contribution in [3.8, 4) is 5.69 Å². The number of fused-ring (bicyclic) bond motifs is 3. The topological polar surface area (TPSA) is 49.2 Å². The number of hydrogen-bond donors (Lipinski definition) is 1. The maximum Gasteiger partial charge on any atom is 0.232 e. The molecular formula is C21H23ClN6. The van der Waals surface area contributed by atoms with Crippen LogP contribution in [0.5, 0.6) is 0 Å². The van der Waals surface area contributed by atoms with Crippen LogP contribution in [0.15, 0.2) is 48.5 Å². The third-order valence-corrected chi connectivity index (χ3v) is 5.87. The van der Waals surface area contributed by atoms with Gasteiger partial charge in [0.05, 0.1) is 18.3 Å². The molecule has 0 spiro atoms. The van der Waals surface area contributed by atoms with Crippen LogP contribution in [0.3, 0.4) is 0 Å². The lowest BCUT2D eigenvalue weighted by atomic mass is 9.97. The molecule has 1 N–H and O–H groups in total. The molecule has 0 radical (unpaired) electrons. The predicted octanol–water partition coefficient (Wildman–Crippen LogP) is 2.87. The van der Waals surface area contributed by atoms with Crippen molar-refractivity contribution in [3.63, 3.8) is 0 Å². The molecule has 5 rings (SSSR count). The maximum atomic E-state index is 6.40. The van der Waals surface area contributed by atoms with Crippen LogP contribution in [0.2, 0.25) is 5.02 Å². The zero-order chi connectivity index (χ0) is 19.1. The van der Waals surface area contributed by atoms with Crippen molar-refractivity contribution in [2.75, 3.05) is 38.1 Å². The number of anilines is 1. The fraction of sp³-hybridized carbons (Fsp3) is 0.333. The monoisotopic (exact) mass is 394 g/mol. The normalized spacial score (nSPS) is 19.8. The van der Waals surface area contributed by atoms with Crippen molar-refractivity contribution >= 4 is 17.5 Å². The SMILES string of the molecule is CN1CCN(c2nnc3n2-c2ccc(Cl)cc2[C@H](c2ccccc2)NC3)CC1. The molecule has 1 fully saturated rings. The largest absolute Gasteiger partial charge is 0.338 e. The van der Waals surface area contributed by atoms with E-state index < -0.39 is 0 Å². The number of halogens is 1. The number of hydrogen-bond acceptors (Lipinski definition) is 5. The Kier molecular flexibility index (Phi) is 4.55. The van der Waals surface area contributed by atoms with Gasteiger partial charge in [-0.15, -0.1) is 10.2 Å². The molecule has 2 aromatic carbocycles. The Morgan fingerprint density at radius 2 is 1.79 bits per heavy atom. The highest BCUT2D eigenvalue weighted by Crippen LogP contribution is 2.35. The van der Waals surface area contributed by atoms with E-state index in [1.54, 1.807) is 0 Å². The van der Waals surface area contributed by atoms with Gasteiger partial charge in [0.1, 0.15) is 0 Å². The molecule has 28 heavy (non-hydrogen) atoms. The Morgan fingerprint density at radius 3 is 2.57 bits per heavy atom. The number of likely N-dealkylation sites (N-methyl/N-ethyl adjacent to an activating group) is 1. The first kappa shape index (κ1) is 17.7. The second-order valence-corrected chi connectivity index (χ2v) is 7.91. The Labute approximate surface area is 169 Å². The van der Waals surface area contributed by atoms with Crippen LogP contribution < -0.4 is 10.2 Å². The van der Waals surface area contributed by atoms with E-state index in [4.69, 9.17) is 11.6 Å². The molecule has 0 bridgehead atoms. The summed E-state index contributed by atoms with van der Waals surface area (Å²) in [6.45, 7) is 4.61. The first-order chi connectivity index (χ1) is 13.7. The Hall–Kier alpha value is -2.41. The average molecular weight is 395 g/mol. The Morgan fingerprint density at radius 1 is 1.00 bits per heavy atom. The number of aromatic nitrogens is 3. The van der Waals surface area contributed by atoms with E-state index >= 15 is 0 Å². The number of nitrogens with one attached hydrogen (secondary N) is 1. The van der Waals surface area contributed by atoms with Gasteiger partial charge >= 0.3 is 0 Å². The fourth-order valence-electron chi connectivity index (χ4n) is 4.09. The molecule has 7 heteroatoms. The number of benzene rings is 2. The van der Waals surface area contributed by atoms with Gasteiger partial charge in [0.2, 0.25) is 5.95 Å². The van der Waals surface area contributed by atoms with Crippen LogP contribution in [-0.4, -0.2) is 52.9 Å². The molecule has 0 aliphatic carbocycles. The molecule has 2 aliphatic rings. The van der Waals surface area contributed by atoms with Gasteiger partial charge < -0.3 is 9.80 Å². The molecule has 0 saturated carbocycles. The highest BCUT2D eigenvalue weighted by atomic mass is 35.5. The van der Waals surface area contributed by atoms with Gasteiger partial charge in [-0.25, -0.2) is 0 Å². The van der Waals surface area contributed by atoms with Crippen molar-refractivity contribution in [2.24, 2.45) is 0 Å². The molecule has 0 unspecified atom stereocenters. The van der Waals surface area contributed by atoms with Gasteiger partial charge in [-0.2, -0.15) is 0 Å². The summed E-state index contributed by atoms with van der Waals surface area (Å²) in [6.07, 6.45) is 0. The van der Waals surface area contributed by atoms with E-state index in [2.05, 4.69) is 73.3 Å². The number of piperazine rings is 1. The van der Waals surface area contributed by atoms with Crippen LogP contribution in [-0.2, 0) is 6.54 Å². The Bertz CT molecular complexity index is 978. The van der Waals surface area contributed by atoms with E-state index in [-0.39, 0.29) is 6.04 Å². The summed E-state index contributed by atoms with van der Waals surface area (Å²) < 4.78 is 2.20. The summed E-state index contributed by atoms with van der Waals surface area (Å²) in [5, 5.41) is 13.5. The highest BCUT2D eigenvalue weighted by Gasteiger charge is 2.29. The fourth-order valence-corrected chi connectivity index (χ4v) is 4.27. The molecule has 1 atom stereocenters. The van der Waals surface area contributed by atoms with Crippen LogP contribution in [0.25, 0.3) is 5.69 Å². The van der Waals surface area contributed by atoms with Crippen LogP contribution >= 0.6 is 11.6 Å². The summed E-state index contributed by atoms with van der Waals surface area (Å²) in [7, 11) is 2.16. The lowest BCUT2D eigenvalue weighted by molar-refractivity contribution is 0.310. The molecule has 1 saturated heterocycles. The Balaban J connectivity index is 1.63. The standard InChI is InChI=1S/C21H23ClN6/c1-26-9-11-27(12-10-26)21-25-24-19-14-23-20(15-5-3-2-4-6-15)17-13-16(22)7-8-18(17)28(19)21/h2-8,13,20,23H,9-12,14H2,1H3/t20-/m0/s1. The molecular weight excluding hydrogens is 372 g/mol. The lowest BCUT2D eigenvalue weighted by Crippen LogP contribution is -2.45. The summed E-state index contributed by atoms with van der Waals surface area (Å²) in [6, 6.07) is 16.6. The third kappa shape index (κ3) is 3.07. The second kappa shape index (κ2) is 7.20. The van der Waals surface area contributed by atoms with Crippen molar-refractivity contribution in [3.05, 3.63) is 70.5 Å². The number of rotatable bonds is 2. The van der Waals surface area contributed by atoms with Gasteiger partial charge in [-0.1, -0.05) is 41.9 Å². The van der Waals surface area contributed by atoms with Gasteiger partial charge in [0.15, 0.2) is 5.82 Å². The van der Waals surface area contributed by atoms with Crippen molar-refractivity contribution in [2.45, 2.75) is 12.6 Å². The summed E-state index contributed by atoms with van der Waals surface area (Å²) in [4.78, 5) is 4.68. The minimum Gasteiger partial charge on any atom is -0.338 e. The maximum absolute atomic E-state index is 6.40. The van der Waals surface area contributed by atoms with Crippen molar-refractivity contribution in [1.82, 2.24) is 25.0 Å². The summed E-state index contributed by atoms with van der Waals surface area (Å²) >= 11 is 6.40. The van der Waals surface area contributed by atoms with Gasteiger partial charge in [0, 0.05) is 31.2 Å². The molecule has 3 aromatic rings.